The van der Waals surface area contributed by atoms with Crippen LogP contribution in [0.1, 0.15) is 11.4 Å². The van der Waals surface area contributed by atoms with Gasteiger partial charge in [-0.25, -0.2) is 5.43 Å². The fraction of sp³-hybridized carbons (Fsp3) is 0.294. The Bertz CT molecular complexity index is 704. The number of ether oxygens (including phenoxy) is 1. The highest BCUT2D eigenvalue weighted by atomic mass is 16.5. The smallest absolute Gasteiger partial charge is 0.277 e. The Morgan fingerprint density at radius 3 is 2.78 bits per heavy atom. The zero-order valence-corrected chi connectivity index (χ0v) is 13.9. The lowest BCUT2D eigenvalue weighted by Crippen LogP contribution is -2.24. The average molecular weight is 314 g/mol. The molecule has 6 nitrogen and oxygen atoms in total. The molecule has 0 fully saturated rings. The minimum atomic E-state index is -0.303. The molecule has 1 N–H and O–H groups in total. The lowest BCUT2D eigenvalue weighted by atomic mass is 10.3. The molecule has 0 atom stereocenters. The van der Waals surface area contributed by atoms with Gasteiger partial charge in [-0.1, -0.05) is 6.07 Å². The molecule has 0 spiro atoms. The predicted molar refractivity (Wildman–Crippen MR) is 92.2 cm³/mol. The van der Waals surface area contributed by atoms with E-state index in [4.69, 9.17) is 4.74 Å². The van der Waals surface area contributed by atoms with E-state index in [-0.39, 0.29) is 12.5 Å². The van der Waals surface area contributed by atoms with Crippen LogP contribution >= 0.6 is 0 Å². The van der Waals surface area contributed by atoms with E-state index in [1.165, 1.54) is 0 Å². The van der Waals surface area contributed by atoms with Crippen LogP contribution in [0.4, 0.5) is 5.69 Å². The van der Waals surface area contributed by atoms with Crippen LogP contribution in [0.2, 0.25) is 0 Å². The fourth-order valence-electron chi connectivity index (χ4n) is 1.97. The second kappa shape index (κ2) is 7.49. The van der Waals surface area contributed by atoms with Crippen molar-refractivity contribution in [3.63, 3.8) is 0 Å². The Balaban J connectivity index is 1.83. The molecule has 0 saturated heterocycles. The van der Waals surface area contributed by atoms with Gasteiger partial charge in [0, 0.05) is 38.6 Å². The first-order valence-corrected chi connectivity index (χ1v) is 7.32. The third-order valence-electron chi connectivity index (χ3n) is 3.50. The van der Waals surface area contributed by atoms with Gasteiger partial charge in [0.15, 0.2) is 6.61 Å². The molecule has 23 heavy (non-hydrogen) atoms. The fourth-order valence-corrected chi connectivity index (χ4v) is 1.97. The number of nitrogens with zero attached hydrogens (tertiary/aromatic N) is 3. The molecule has 1 aromatic carbocycles. The molecule has 1 heterocycles. The number of carbonyl (C=O) groups excluding carboxylic acids is 1. The van der Waals surface area contributed by atoms with Crippen LogP contribution < -0.4 is 15.1 Å². The quantitative estimate of drug-likeness (QED) is 0.655. The summed E-state index contributed by atoms with van der Waals surface area (Å²) < 4.78 is 7.46. The number of rotatable bonds is 6. The van der Waals surface area contributed by atoms with Crippen molar-refractivity contribution in [3.05, 3.63) is 47.8 Å². The lowest BCUT2D eigenvalue weighted by molar-refractivity contribution is -0.123. The largest absolute Gasteiger partial charge is 0.484 e. The van der Waals surface area contributed by atoms with E-state index in [9.17, 15) is 4.79 Å². The second-order valence-electron chi connectivity index (χ2n) is 5.43. The minimum absolute atomic E-state index is 0.0829. The maximum Gasteiger partial charge on any atom is 0.277 e. The van der Waals surface area contributed by atoms with E-state index in [0.717, 1.165) is 17.1 Å². The van der Waals surface area contributed by atoms with Crippen molar-refractivity contribution in [2.45, 2.75) is 6.92 Å². The highest BCUT2D eigenvalue weighted by Crippen LogP contribution is 2.19. The first-order chi connectivity index (χ1) is 11.0. The van der Waals surface area contributed by atoms with E-state index in [2.05, 4.69) is 10.5 Å². The number of nitrogens with one attached hydrogen (secondary N) is 1. The van der Waals surface area contributed by atoms with Crippen molar-refractivity contribution in [1.29, 1.82) is 0 Å². The number of anilines is 1. The summed E-state index contributed by atoms with van der Waals surface area (Å²) in [6.07, 6.45) is 1.61. The molecular formula is C17H22N4O2. The van der Waals surface area contributed by atoms with Gasteiger partial charge in [-0.05, 0) is 31.2 Å². The summed E-state index contributed by atoms with van der Waals surface area (Å²) in [7, 11) is 5.84. The summed E-state index contributed by atoms with van der Waals surface area (Å²) in [6.45, 7) is 1.92. The molecule has 0 saturated carbocycles. The summed E-state index contributed by atoms with van der Waals surface area (Å²) in [4.78, 5) is 13.7. The molecule has 0 radical (unpaired) electrons. The molecule has 2 rings (SSSR count). The van der Waals surface area contributed by atoms with Gasteiger partial charge in [-0.3, -0.25) is 4.79 Å². The van der Waals surface area contributed by atoms with Crippen LogP contribution in [0.5, 0.6) is 5.75 Å². The van der Waals surface area contributed by atoms with Crippen LogP contribution in [0, 0.1) is 6.92 Å². The standard InChI is InChI=1S/C17H22N4O2/c1-13-8-9-15(21(13)4)11-18-19-17(22)12-23-16-7-5-6-14(10-16)20(2)3/h5-11H,12H2,1-4H3,(H,19,22)/b18-11-. The van der Waals surface area contributed by atoms with Crippen molar-refractivity contribution < 1.29 is 9.53 Å². The first kappa shape index (κ1) is 16.6. The highest BCUT2D eigenvalue weighted by molar-refractivity contribution is 5.82. The summed E-state index contributed by atoms with van der Waals surface area (Å²) in [6, 6.07) is 11.5. The maximum absolute atomic E-state index is 11.7. The van der Waals surface area contributed by atoms with Gasteiger partial charge in [-0.15, -0.1) is 0 Å². The van der Waals surface area contributed by atoms with Gasteiger partial charge in [-0.2, -0.15) is 5.10 Å². The van der Waals surface area contributed by atoms with E-state index in [1.807, 2.05) is 73.9 Å². The van der Waals surface area contributed by atoms with Gasteiger partial charge in [0.2, 0.25) is 0 Å². The molecule has 0 aliphatic rings. The monoisotopic (exact) mass is 314 g/mol. The zero-order chi connectivity index (χ0) is 16.8. The molecule has 6 heteroatoms. The molecular weight excluding hydrogens is 292 g/mol. The third kappa shape index (κ3) is 4.60. The van der Waals surface area contributed by atoms with E-state index in [0.29, 0.717) is 5.75 Å². The van der Waals surface area contributed by atoms with Gasteiger partial charge >= 0.3 is 0 Å². The highest BCUT2D eigenvalue weighted by Gasteiger charge is 2.03. The first-order valence-electron chi connectivity index (χ1n) is 7.32. The number of hydrazone groups is 1. The number of carbonyl (C=O) groups is 1. The predicted octanol–water partition coefficient (Wildman–Crippen LogP) is 1.93. The molecule has 0 aliphatic carbocycles. The van der Waals surface area contributed by atoms with E-state index in [1.54, 1.807) is 6.21 Å². The normalized spacial score (nSPS) is 10.8. The zero-order valence-electron chi connectivity index (χ0n) is 13.9. The van der Waals surface area contributed by atoms with Crippen molar-refractivity contribution in [3.8, 4) is 5.75 Å². The van der Waals surface area contributed by atoms with E-state index >= 15 is 0 Å². The minimum Gasteiger partial charge on any atom is -0.484 e. The molecule has 0 aliphatic heterocycles. The van der Waals surface area contributed by atoms with Crippen molar-refractivity contribution >= 4 is 17.8 Å². The molecule has 1 aromatic heterocycles. The molecule has 0 bridgehead atoms. The van der Waals surface area contributed by atoms with Gasteiger partial charge in [0.25, 0.3) is 5.91 Å². The lowest BCUT2D eigenvalue weighted by Gasteiger charge is -2.13. The van der Waals surface area contributed by atoms with Crippen molar-refractivity contribution in [2.75, 3.05) is 25.6 Å². The number of amides is 1. The Morgan fingerprint density at radius 2 is 2.13 bits per heavy atom. The van der Waals surface area contributed by atoms with Crippen LogP contribution in [-0.2, 0) is 11.8 Å². The number of benzene rings is 1. The molecule has 2 aromatic rings. The topological polar surface area (TPSA) is 58.9 Å². The molecule has 0 unspecified atom stereocenters. The van der Waals surface area contributed by atoms with Gasteiger partial charge in [0.05, 0.1) is 11.9 Å². The van der Waals surface area contributed by atoms with Crippen LogP contribution in [0.3, 0.4) is 0 Å². The summed E-state index contributed by atoms with van der Waals surface area (Å²) in [5, 5.41) is 3.94. The Labute approximate surface area is 136 Å². The maximum atomic E-state index is 11.7. The average Bonchev–Trinajstić information content (AvgIpc) is 2.85. The SMILES string of the molecule is Cc1ccc(/C=N\NC(=O)COc2cccc(N(C)C)c2)n1C. The molecule has 1 amide bonds. The van der Waals surface area contributed by atoms with Crippen LogP contribution in [0.15, 0.2) is 41.5 Å². The second-order valence-corrected chi connectivity index (χ2v) is 5.43. The van der Waals surface area contributed by atoms with Crippen LogP contribution in [-0.4, -0.2) is 37.4 Å². The third-order valence-corrected chi connectivity index (χ3v) is 3.50. The Kier molecular flexibility index (Phi) is 5.41. The summed E-state index contributed by atoms with van der Waals surface area (Å²) >= 11 is 0. The number of aryl methyl sites for hydroxylation is 1. The van der Waals surface area contributed by atoms with E-state index < -0.39 is 0 Å². The summed E-state index contributed by atoms with van der Waals surface area (Å²) in [5.74, 6) is 0.343. The van der Waals surface area contributed by atoms with Crippen LogP contribution in [0.25, 0.3) is 0 Å². The Morgan fingerprint density at radius 1 is 1.35 bits per heavy atom. The number of hydrogen-bond donors (Lipinski definition) is 1. The van der Waals surface area contributed by atoms with Crippen molar-refractivity contribution in [2.24, 2.45) is 12.1 Å². The number of hydrogen-bond acceptors (Lipinski definition) is 4. The van der Waals surface area contributed by atoms with Gasteiger partial charge in [0.1, 0.15) is 5.75 Å². The Hall–Kier alpha value is -2.76. The summed E-state index contributed by atoms with van der Waals surface area (Å²) in [5.41, 5.74) is 5.52. The molecule has 122 valence electrons. The number of aromatic nitrogens is 1. The van der Waals surface area contributed by atoms with Crippen molar-refractivity contribution in [1.82, 2.24) is 9.99 Å². The van der Waals surface area contributed by atoms with Gasteiger partial charge < -0.3 is 14.2 Å².